The van der Waals surface area contributed by atoms with Crippen LogP contribution in [0.25, 0.3) is 0 Å². The number of hydrogen-bond acceptors (Lipinski definition) is 3. The number of hydrogen-bond donors (Lipinski definition) is 1. The van der Waals surface area contributed by atoms with E-state index in [2.05, 4.69) is 5.32 Å². The van der Waals surface area contributed by atoms with Gasteiger partial charge in [-0.1, -0.05) is 48.5 Å². The van der Waals surface area contributed by atoms with Crippen molar-refractivity contribution in [3.63, 3.8) is 0 Å². The molecule has 0 aromatic heterocycles. The zero-order chi connectivity index (χ0) is 15.2. The molecule has 2 atom stereocenters. The Kier molecular flexibility index (Phi) is 5.03. The van der Waals surface area contributed by atoms with Gasteiger partial charge in [-0.25, -0.2) is 4.39 Å². The van der Waals surface area contributed by atoms with Gasteiger partial charge in [-0.05, 0) is 11.6 Å². The summed E-state index contributed by atoms with van der Waals surface area (Å²) in [6.07, 6.45) is -0.356. The van der Waals surface area contributed by atoms with Gasteiger partial charge in [-0.15, -0.1) is 0 Å². The molecule has 1 N–H and O–H groups in total. The van der Waals surface area contributed by atoms with E-state index in [-0.39, 0.29) is 12.2 Å². The summed E-state index contributed by atoms with van der Waals surface area (Å²) >= 11 is 0. The number of ether oxygens (including phenoxy) is 2. The second kappa shape index (κ2) is 7.38. The van der Waals surface area contributed by atoms with E-state index in [0.29, 0.717) is 17.9 Å². The van der Waals surface area contributed by atoms with Crippen LogP contribution in [0.3, 0.4) is 0 Å². The quantitative estimate of drug-likeness (QED) is 0.919. The topological polar surface area (TPSA) is 30.5 Å². The van der Waals surface area contributed by atoms with Gasteiger partial charge in [0, 0.05) is 18.7 Å². The molecule has 2 unspecified atom stereocenters. The van der Waals surface area contributed by atoms with Crippen LogP contribution in [0.5, 0.6) is 5.75 Å². The lowest BCUT2D eigenvalue weighted by molar-refractivity contribution is -0.0436. The van der Waals surface area contributed by atoms with Crippen LogP contribution in [0.15, 0.2) is 54.6 Å². The van der Waals surface area contributed by atoms with Crippen LogP contribution in [0.2, 0.25) is 0 Å². The highest BCUT2D eigenvalue weighted by Crippen LogP contribution is 2.29. The van der Waals surface area contributed by atoms with Gasteiger partial charge >= 0.3 is 0 Å². The van der Waals surface area contributed by atoms with Crippen molar-refractivity contribution in [2.75, 3.05) is 19.7 Å². The Morgan fingerprint density at radius 2 is 1.91 bits per heavy atom. The molecule has 2 aromatic carbocycles. The Morgan fingerprint density at radius 3 is 2.64 bits per heavy atom. The summed E-state index contributed by atoms with van der Waals surface area (Å²) in [7, 11) is 0. The summed E-state index contributed by atoms with van der Waals surface area (Å²) in [6.45, 7) is 1.68. The van der Waals surface area contributed by atoms with Crippen LogP contribution < -0.4 is 10.1 Å². The number of rotatable bonds is 5. The van der Waals surface area contributed by atoms with Gasteiger partial charge in [-0.2, -0.15) is 0 Å². The van der Waals surface area contributed by atoms with Crippen molar-refractivity contribution >= 4 is 0 Å². The number of morpholine rings is 1. The number of alkyl halides is 1. The number of benzene rings is 2. The lowest BCUT2D eigenvalue weighted by Gasteiger charge is -2.32. The SMILES string of the molecule is FCc1ccccc1OC(c1ccccc1)C1CNCCO1. The molecule has 0 aliphatic carbocycles. The number of halogens is 1. The Hall–Kier alpha value is -1.91. The molecule has 2 aromatic rings. The van der Waals surface area contributed by atoms with Gasteiger partial charge in [0.1, 0.15) is 18.5 Å². The smallest absolute Gasteiger partial charge is 0.151 e. The van der Waals surface area contributed by atoms with Gasteiger partial charge < -0.3 is 14.8 Å². The average Bonchev–Trinajstić information content (AvgIpc) is 2.61. The maximum atomic E-state index is 13.2. The highest BCUT2D eigenvalue weighted by atomic mass is 19.1. The summed E-state index contributed by atoms with van der Waals surface area (Å²) in [5, 5.41) is 3.32. The molecular weight excluding hydrogens is 281 g/mol. The van der Waals surface area contributed by atoms with Crippen molar-refractivity contribution < 1.29 is 13.9 Å². The first-order valence-electron chi connectivity index (χ1n) is 7.56. The van der Waals surface area contributed by atoms with Gasteiger partial charge in [0.2, 0.25) is 0 Å². The number of para-hydroxylation sites is 1. The van der Waals surface area contributed by atoms with Crippen molar-refractivity contribution in [2.45, 2.75) is 18.9 Å². The van der Waals surface area contributed by atoms with Crippen molar-refractivity contribution in [2.24, 2.45) is 0 Å². The third-order valence-electron chi connectivity index (χ3n) is 3.79. The van der Waals surface area contributed by atoms with Crippen LogP contribution >= 0.6 is 0 Å². The van der Waals surface area contributed by atoms with Gasteiger partial charge in [0.25, 0.3) is 0 Å². The Labute approximate surface area is 130 Å². The van der Waals surface area contributed by atoms with E-state index in [1.165, 1.54) is 0 Å². The zero-order valence-electron chi connectivity index (χ0n) is 12.4. The van der Waals surface area contributed by atoms with Gasteiger partial charge in [-0.3, -0.25) is 0 Å². The maximum Gasteiger partial charge on any atom is 0.151 e. The monoisotopic (exact) mass is 301 g/mol. The van der Waals surface area contributed by atoms with E-state index in [1.54, 1.807) is 12.1 Å². The third-order valence-corrected chi connectivity index (χ3v) is 3.79. The third kappa shape index (κ3) is 3.46. The minimum Gasteiger partial charge on any atom is -0.483 e. The molecular formula is C18H20FNO2. The molecule has 0 radical (unpaired) electrons. The molecule has 3 nitrogen and oxygen atoms in total. The summed E-state index contributed by atoms with van der Waals surface area (Å²) in [5.74, 6) is 0.577. The predicted molar refractivity (Wildman–Crippen MR) is 83.7 cm³/mol. The molecule has 0 amide bonds. The summed E-state index contributed by atoms with van der Waals surface area (Å²) in [5.41, 5.74) is 1.59. The summed E-state index contributed by atoms with van der Waals surface area (Å²) in [4.78, 5) is 0. The molecule has 0 bridgehead atoms. The maximum absolute atomic E-state index is 13.2. The van der Waals surface area contributed by atoms with E-state index in [0.717, 1.165) is 18.7 Å². The Bertz CT molecular complexity index is 585. The van der Waals surface area contributed by atoms with Crippen LogP contribution in [0, 0.1) is 0 Å². The molecule has 1 aliphatic rings. The first kappa shape index (κ1) is 15.0. The Morgan fingerprint density at radius 1 is 1.14 bits per heavy atom. The fourth-order valence-electron chi connectivity index (χ4n) is 2.65. The van der Waals surface area contributed by atoms with Crippen molar-refractivity contribution in [1.82, 2.24) is 5.32 Å². The van der Waals surface area contributed by atoms with Crippen molar-refractivity contribution in [3.05, 3.63) is 65.7 Å². The molecule has 22 heavy (non-hydrogen) atoms. The summed E-state index contributed by atoms with van der Waals surface area (Å²) < 4.78 is 25.2. The van der Waals surface area contributed by atoms with E-state index < -0.39 is 6.67 Å². The predicted octanol–water partition coefficient (Wildman–Crippen LogP) is 3.26. The van der Waals surface area contributed by atoms with Crippen LogP contribution in [-0.4, -0.2) is 25.8 Å². The van der Waals surface area contributed by atoms with Gasteiger partial charge in [0.15, 0.2) is 6.10 Å². The molecule has 1 saturated heterocycles. The largest absolute Gasteiger partial charge is 0.483 e. The van der Waals surface area contributed by atoms with Crippen molar-refractivity contribution in [3.8, 4) is 5.75 Å². The van der Waals surface area contributed by atoms with Crippen molar-refractivity contribution in [1.29, 1.82) is 0 Å². The van der Waals surface area contributed by atoms with Crippen LogP contribution in [0.4, 0.5) is 4.39 Å². The molecule has 1 fully saturated rings. The first-order valence-corrected chi connectivity index (χ1v) is 7.56. The molecule has 0 saturated carbocycles. The van der Waals surface area contributed by atoms with Crippen LogP contribution in [0.1, 0.15) is 17.2 Å². The molecule has 1 aliphatic heterocycles. The summed E-state index contributed by atoms with van der Waals surface area (Å²) in [6, 6.07) is 17.2. The fraction of sp³-hybridized carbons (Fsp3) is 0.333. The normalized spacial score (nSPS) is 19.6. The lowest BCUT2D eigenvalue weighted by Crippen LogP contribution is -2.43. The molecule has 3 rings (SSSR count). The van der Waals surface area contributed by atoms with E-state index in [1.807, 2.05) is 42.5 Å². The second-order valence-electron chi connectivity index (χ2n) is 5.30. The zero-order valence-corrected chi connectivity index (χ0v) is 12.4. The van der Waals surface area contributed by atoms with E-state index in [9.17, 15) is 4.39 Å². The molecule has 4 heteroatoms. The van der Waals surface area contributed by atoms with Gasteiger partial charge in [0.05, 0.1) is 6.61 Å². The number of nitrogens with one attached hydrogen (secondary N) is 1. The minimum atomic E-state index is -0.540. The lowest BCUT2D eigenvalue weighted by atomic mass is 10.0. The molecule has 116 valence electrons. The highest BCUT2D eigenvalue weighted by Gasteiger charge is 2.28. The highest BCUT2D eigenvalue weighted by molar-refractivity contribution is 5.34. The molecule has 1 heterocycles. The minimum absolute atomic E-state index is 0.0937. The van der Waals surface area contributed by atoms with E-state index in [4.69, 9.17) is 9.47 Å². The fourth-order valence-corrected chi connectivity index (χ4v) is 2.65. The first-order chi connectivity index (χ1) is 10.9. The Balaban J connectivity index is 1.88. The average molecular weight is 301 g/mol. The standard InChI is InChI=1S/C18H20FNO2/c19-12-15-8-4-5-9-16(15)22-18(14-6-2-1-3-7-14)17-13-20-10-11-21-17/h1-9,17-18,20H,10-13H2. The van der Waals surface area contributed by atoms with Crippen LogP contribution in [-0.2, 0) is 11.4 Å². The second-order valence-corrected chi connectivity index (χ2v) is 5.30. The molecule has 0 spiro atoms. The van der Waals surface area contributed by atoms with E-state index >= 15 is 0 Å².